The number of nitrogens with one attached hydrogen (secondary N) is 2. The van der Waals surface area contributed by atoms with Crippen LogP contribution in [0.15, 0.2) is 46.7 Å². The van der Waals surface area contributed by atoms with E-state index >= 15 is 0 Å². The van der Waals surface area contributed by atoms with Crippen molar-refractivity contribution in [2.24, 2.45) is 0 Å². The number of benzene rings is 1. The highest BCUT2D eigenvalue weighted by Gasteiger charge is 2.42. The van der Waals surface area contributed by atoms with Crippen molar-refractivity contribution in [2.45, 2.75) is 23.9 Å². The molecule has 2 N–H and O–H groups in total. The lowest BCUT2D eigenvalue weighted by Gasteiger charge is -2.34. The maximum absolute atomic E-state index is 13.2. The Morgan fingerprint density at radius 1 is 1.13 bits per heavy atom. The van der Waals surface area contributed by atoms with Crippen LogP contribution >= 0.6 is 23.1 Å². The fourth-order valence-corrected chi connectivity index (χ4v) is 5.45. The molecule has 4 rings (SSSR count). The number of amides is 4. The molecule has 0 aliphatic carbocycles. The molecule has 2 fully saturated rings. The van der Waals surface area contributed by atoms with Crippen molar-refractivity contribution in [1.29, 1.82) is 0 Å². The van der Waals surface area contributed by atoms with Gasteiger partial charge in [0.25, 0.3) is 11.8 Å². The topological polar surface area (TPSA) is 81.8 Å². The molecule has 0 radical (unpaired) electrons. The molecule has 2 saturated heterocycles. The van der Waals surface area contributed by atoms with E-state index < -0.39 is 11.6 Å². The molecule has 1 unspecified atom stereocenters. The van der Waals surface area contributed by atoms with Crippen molar-refractivity contribution >= 4 is 40.9 Å². The maximum atomic E-state index is 13.2. The Kier molecular flexibility index (Phi) is 6.12. The highest BCUT2D eigenvalue weighted by Crippen LogP contribution is 2.28. The first-order chi connectivity index (χ1) is 14.4. The quantitative estimate of drug-likeness (QED) is 0.528. The largest absolute Gasteiger partial charge is 0.336 e. The third-order valence-corrected chi connectivity index (χ3v) is 7.62. The van der Waals surface area contributed by atoms with Gasteiger partial charge >= 0.3 is 6.03 Å². The molecule has 1 atom stereocenters. The van der Waals surface area contributed by atoms with Crippen molar-refractivity contribution in [3.05, 3.63) is 52.2 Å². The summed E-state index contributed by atoms with van der Waals surface area (Å²) in [5.74, 6) is 0.0216. The van der Waals surface area contributed by atoms with Crippen molar-refractivity contribution in [2.75, 3.05) is 31.9 Å². The van der Waals surface area contributed by atoms with E-state index in [4.69, 9.17) is 0 Å². The van der Waals surface area contributed by atoms with Crippen molar-refractivity contribution < 1.29 is 14.4 Å². The average Bonchev–Trinajstić information content (AvgIpc) is 3.34. The first-order valence-corrected chi connectivity index (χ1v) is 11.7. The Hall–Kier alpha value is -2.36. The molecule has 3 heterocycles. The minimum absolute atomic E-state index is 0.0129. The van der Waals surface area contributed by atoms with Crippen LogP contribution in [0.25, 0.3) is 0 Å². The molecule has 9 heteroatoms. The van der Waals surface area contributed by atoms with Gasteiger partial charge in [0.05, 0.1) is 5.56 Å². The molecule has 4 amide bonds. The molecule has 1 aromatic heterocycles. The van der Waals surface area contributed by atoms with Gasteiger partial charge in [-0.15, -0.1) is 23.1 Å². The normalized spacial score (nSPS) is 22.1. The summed E-state index contributed by atoms with van der Waals surface area (Å²) in [6, 6.07) is 11.2. The molecule has 0 saturated carbocycles. The van der Waals surface area contributed by atoms with Crippen LogP contribution in [-0.2, 0) is 11.3 Å². The standard InChI is InChI=1S/C21H24N4O3S2/c1-21(19(27)22-20(28)23-21)14-30-17-7-3-2-6-16(17)18(26)25-10-8-24(9-11-25)13-15-5-4-12-29-15/h2-7,12H,8-11,13-14H2,1H3,(H2,22,23,27,28). The van der Waals surface area contributed by atoms with E-state index in [2.05, 4.69) is 33.0 Å². The molecule has 158 valence electrons. The second kappa shape index (κ2) is 8.79. The Bertz CT molecular complexity index is 941. The van der Waals surface area contributed by atoms with Crippen molar-refractivity contribution in [3.8, 4) is 0 Å². The van der Waals surface area contributed by atoms with E-state index in [0.717, 1.165) is 24.5 Å². The number of rotatable bonds is 6. The fraction of sp³-hybridized carbons (Fsp3) is 0.381. The van der Waals surface area contributed by atoms with E-state index in [9.17, 15) is 14.4 Å². The molecule has 0 spiro atoms. The zero-order chi connectivity index (χ0) is 21.1. The molecule has 2 aliphatic heterocycles. The second-order valence-electron chi connectivity index (χ2n) is 7.67. The van der Waals surface area contributed by atoms with Gasteiger partial charge in [0, 0.05) is 48.2 Å². The third kappa shape index (κ3) is 4.53. The average molecular weight is 445 g/mol. The van der Waals surface area contributed by atoms with E-state index in [-0.39, 0.29) is 11.8 Å². The van der Waals surface area contributed by atoms with Gasteiger partial charge < -0.3 is 10.2 Å². The SMILES string of the molecule is CC1(CSc2ccccc2C(=O)N2CCN(Cc3cccs3)CC2)NC(=O)NC1=O. The van der Waals surface area contributed by atoms with Crippen LogP contribution in [0.3, 0.4) is 0 Å². The van der Waals surface area contributed by atoms with Crippen molar-refractivity contribution in [1.82, 2.24) is 20.4 Å². The van der Waals surface area contributed by atoms with Crippen LogP contribution in [0.5, 0.6) is 0 Å². The first kappa shape index (κ1) is 20.9. The van der Waals surface area contributed by atoms with Crippen LogP contribution < -0.4 is 10.6 Å². The van der Waals surface area contributed by atoms with Gasteiger partial charge in [0.15, 0.2) is 0 Å². The lowest BCUT2D eigenvalue weighted by atomic mass is 10.1. The summed E-state index contributed by atoms with van der Waals surface area (Å²) < 4.78 is 0. The van der Waals surface area contributed by atoms with Crippen molar-refractivity contribution in [3.63, 3.8) is 0 Å². The lowest BCUT2D eigenvalue weighted by Crippen LogP contribution is -2.48. The van der Waals surface area contributed by atoms with E-state index in [1.807, 2.05) is 29.2 Å². The zero-order valence-corrected chi connectivity index (χ0v) is 18.4. The number of urea groups is 1. The predicted octanol–water partition coefficient (Wildman–Crippen LogP) is 2.40. The highest BCUT2D eigenvalue weighted by atomic mass is 32.2. The van der Waals surface area contributed by atoms with E-state index in [1.54, 1.807) is 18.3 Å². The number of piperazine rings is 1. The summed E-state index contributed by atoms with van der Waals surface area (Å²) in [7, 11) is 0. The number of hydrogen-bond donors (Lipinski definition) is 2. The van der Waals surface area contributed by atoms with Crippen LogP contribution in [0.4, 0.5) is 4.79 Å². The number of imide groups is 1. The van der Waals surface area contributed by atoms with Gasteiger partial charge in [-0.1, -0.05) is 18.2 Å². The molecule has 7 nitrogen and oxygen atoms in total. The fourth-order valence-electron chi connectivity index (χ4n) is 3.57. The number of thiophene rings is 1. The molecular formula is C21H24N4O3S2. The van der Waals surface area contributed by atoms with Gasteiger partial charge in [0.1, 0.15) is 5.54 Å². The molecule has 2 aromatic rings. The summed E-state index contributed by atoms with van der Waals surface area (Å²) in [6.45, 7) is 5.71. The number of carbonyl (C=O) groups excluding carboxylic acids is 3. The molecule has 0 bridgehead atoms. The minimum atomic E-state index is -0.981. The van der Waals surface area contributed by atoms with E-state index in [1.165, 1.54) is 16.6 Å². The van der Waals surface area contributed by atoms with Gasteiger partial charge in [-0.2, -0.15) is 0 Å². The summed E-state index contributed by atoms with van der Waals surface area (Å²) >= 11 is 3.17. The number of nitrogens with zero attached hydrogens (tertiary/aromatic N) is 2. The summed E-state index contributed by atoms with van der Waals surface area (Å²) in [6.07, 6.45) is 0. The van der Waals surface area contributed by atoms with Gasteiger partial charge in [0.2, 0.25) is 0 Å². The third-order valence-electron chi connectivity index (χ3n) is 5.37. The molecule has 2 aliphatic rings. The van der Waals surface area contributed by atoms with Crippen LogP contribution in [0.2, 0.25) is 0 Å². The molecule has 1 aromatic carbocycles. The minimum Gasteiger partial charge on any atom is -0.336 e. The lowest BCUT2D eigenvalue weighted by molar-refractivity contribution is -0.122. The summed E-state index contributed by atoms with van der Waals surface area (Å²) in [4.78, 5) is 43.1. The Balaban J connectivity index is 1.38. The van der Waals surface area contributed by atoms with Crippen LogP contribution in [0.1, 0.15) is 22.2 Å². The van der Waals surface area contributed by atoms with Crippen LogP contribution in [-0.4, -0.2) is 65.1 Å². The number of hydrogen-bond acceptors (Lipinski definition) is 6. The molecule has 30 heavy (non-hydrogen) atoms. The van der Waals surface area contributed by atoms with Gasteiger partial charge in [-0.3, -0.25) is 19.8 Å². The smallest absolute Gasteiger partial charge is 0.322 e. The zero-order valence-electron chi connectivity index (χ0n) is 16.7. The van der Waals surface area contributed by atoms with Gasteiger partial charge in [-0.25, -0.2) is 4.79 Å². The monoisotopic (exact) mass is 444 g/mol. The highest BCUT2D eigenvalue weighted by molar-refractivity contribution is 7.99. The first-order valence-electron chi connectivity index (χ1n) is 9.84. The van der Waals surface area contributed by atoms with Gasteiger partial charge in [-0.05, 0) is 30.5 Å². The summed E-state index contributed by atoms with van der Waals surface area (Å²) in [5, 5.41) is 7.02. The predicted molar refractivity (Wildman–Crippen MR) is 118 cm³/mol. The maximum Gasteiger partial charge on any atom is 0.322 e. The Labute approximate surface area is 183 Å². The second-order valence-corrected chi connectivity index (χ2v) is 9.72. The van der Waals surface area contributed by atoms with Crippen LogP contribution in [0, 0.1) is 0 Å². The Morgan fingerprint density at radius 2 is 1.90 bits per heavy atom. The summed E-state index contributed by atoms with van der Waals surface area (Å²) in [5.41, 5.74) is -0.340. The Morgan fingerprint density at radius 3 is 2.57 bits per heavy atom. The molecular weight excluding hydrogens is 420 g/mol. The number of carbonyl (C=O) groups is 3. The van der Waals surface area contributed by atoms with E-state index in [0.29, 0.717) is 24.4 Å². The number of thioether (sulfide) groups is 1.